The van der Waals surface area contributed by atoms with Gasteiger partial charge in [-0.25, -0.2) is 4.98 Å². The fourth-order valence-electron chi connectivity index (χ4n) is 2.60. The van der Waals surface area contributed by atoms with Crippen molar-refractivity contribution in [2.45, 2.75) is 25.7 Å². The molecule has 1 saturated carbocycles. The van der Waals surface area contributed by atoms with Crippen molar-refractivity contribution < 1.29 is 0 Å². The number of hydrogen-bond acceptors (Lipinski definition) is 5. The molecule has 2 aromatic heterocycles. The first-order chi connectivity index (χ1) is 9.79. The average Bonchev–Trinajstić information content (AvgIpc) is 3.09. The average molecular weight is 272 g/mol. The van der Waals surface area contributed by atoms with Crippen LogP contribution in [-0.4, -0.2) is 26.3 Å². The SMILES string of the molecule is Cn1cc(Nc2nccc(NCC3CCCC3)n2)cn1. The second-order valence-electron chi connectivity index (χ2n) is 5.32. The van der Waals surface area contributed by atoms with Crippen molar-refractivity contribution in [2.75, 3.05) is 17.2 Å². The Balaban J connectivity index is 1.60. The summed E-state index contributed by atoms with van der Waals surface area (Å²) >= 11 is 0. The maximum absolute atomic E-state index is 4.47. The van der Waals surface area contributed by atoms with Gasteiger partial charge in [-0.2, -0.15) is 10.1 Å². The minimum atomic E-state index is 0.592. The third kappa shape index (κ3) is 3.26. The molecule has 106 valence electrons. The monoisotopic (exact) mass is 272 g/mol. The normalized spacial score (nSPS) is 15.4. The molecule has 2 N–H and O–H groups in total. The summed E-state index contributed by atoms with van der Waals surface area (Å²) in [6, 6.07) is 1.91. The molecular weight excluding hydrogens is 252 g/mol. The summed E-state index contributed by atoms with van der Waals surface area (Å²) in [7, 11) is 1.88. The fraction of sp³-hybridized carbons (Fsp3) is 0.500. The topological polar surface area (TPSA) is 67.7 Å². The highest BCUT2D eigenvalue weighted by atomic mass is 15.3. The second kappa shape index (κ2) is 5.90. The Kier molecular flexibility index (Phi) is 3.80. The molecule has 20 heavy (non-hydrogen) atoms. The van der Waals surface area contributed by atoms with Gasteiger partial charge in [-0.3, -0.25) is 4.68 Å². The third-order valence-corrected chi connectivity index (χ3v) is 3.66. The molecular formula is C14H20N6. The Morgan fingerprint density at radius 2 is 2.20 bits per heavy atom. The lowest BCUT2D eigenvalue weighted by Crippen LogP contribution is -2.12. The molecule has 0 radical (unpaired) electrons. The Morgan fingerprint density at radius 3 is 2.95 bits per heavy atom. The summed E-state index contributed by atoms with van der Waals surface area (Å²) in [5, 5.41) is 10.7. The van der Waals surface area contributed by atoms with Crippen molar-refractivity contribution in [3.63, 3.8) is 0 Å². The number of nitrogens with one attached hydrogen (secondary N) is 2. The predicted octanol–water partition coefficient (Wildman–Crippen LogP) is 2.56. The molecule has 0 amide bonds. The molecule has 0 saturated heterocycles. The van der Waals surface area contributed by atoms with Gasteiger partial charge in [0.2, 0.25) is 5.95 Å². The van der Waals surface area contributed by atoms with E-state index in [2.05, 4.69) is 25.7 Å². The molecule has 0 aliphatic heterocycles. The van der Waals surface area contributed by atoms with E-state index in [1.807, 2.05) is 19.3 Å². The zero-order valence-electron chi connectivity index (χ0n) is 11.7. The molecule has 0 unspecified atom stereocenters. The highest BCUT2D eigenvalue weighted by molar-refractivity contribution is 5.52. The number of hydrogen-bond donors (Lipinski definition) is 2. The van der Waals surface area contributed by atoms with Crippen molar-refractivity contribution >= 4 is 17.5 Å². The van der Waals surface area contributed by atoms with Gasteiger partial charge in [0.05, 0.1) is 11.9 Å². The van der Waals surface area contributed by atoms with Crippen LogP contribution in [0.15, 0.2) is 24.7 Å². The van der Waals surface area contributed by atoms with E-state index in [0.717, 1.165) is 24.0 Å². The van der Waals surface area contributed by atoms with Gasteiger partial charge in [-0.15, -0.1) is 0 Å². The fourth-order valence-corrected chi connectivity index (χ4v) is 2.60. The van der Waals surface area contributed by atoms with Crippen molar-refractivity contribution in [1.29, 1.82) is 0 Å². The number of nitrogens with zero attached hydrogens (tertiary/aromatic N) is 4. The largest absolute Gasteiger partial charge is 0.370 e. The van der Waals surface area contributed by atoms with Crippen molar-refractivity contribution in [1.82, 2.24) is 19.7 Å². The quantitative estimate of drug-likeness (QED) is 0.875. The van der Waals surface area contributed by atoms with Crippen LogP contribution >= 0.6 is 0 Å². The summed E-state index contributed by atoms with van der Waals surface area (Å²) in [6.45, 7) is 1.00. The van der Waals surface area contributed by atoms with Crippen LogP contribution in [0.3, 0.4) is 0 Å². The highest BCUT2D eigenvalue weighted by Gasteiger charge is 2.14. The molecule has 1 aliphatic rings. The van der Waals surface area contributed by atoms with Gasteiger partial charge < -0.3 is 10.6 Å². The Labute approximate surface area is 118 Å². The Morgan fingerprint density at radius 1 is 1.35 bits per heavy atom. The molecule has 0 aromatic carbocycles. The van der Waals surface area contributed by atoms with E-state index in [1.165, 1.54) is 25.7 Å². The van der Waals surface area contributed by atoms with Crippen molar-refractivity contribution in [3.8, 4) is 0 Å². The summed E-state index contributed by atoms with van der Waals surface area (Å²) in [6.07, 6.45) is 10.8. The molecule has 2 aromatic rings. The minimum absolute atomic E-state index is 0.592. The molecule has 1 fully saturated rings. The maximum Gasteiger partial charge on any atom is 0.229 e. The molecule has 1 aliphatic carbocycles. The number of anilines is 3. The Bertz CT molecular complexity index is 558. The first kappa shape index (κ1) is 12.9. The molecule has 3 rings (SSSR count). The highest BCUT2D eigenvalue weighted by Crippen LogP contribution is 2.24. The first-order valence-corrected chi connectivity index (χ1v) is 7.12. The van der Waals surface area contributed by atoms with Gasteiger partial charge in [0.1, 0.15) is 5.82 Å². The van der Waals surface area contributed by atoms with Crippen LogP contribution in [0.4, 0.5) is 17.5 Å². The zero-order valence-corrected chi connectivity index (χ0v) is 11.7. The maximum atomic E-state index is 4.47. The van der Waals surface area contributed by atoms with Crippen molar-refractivity contribution in [2.24, 2.45) is 13.0 Å². The van der Waals surface area contributed by atoms with Gasteiger partial charge in [0.25, 0.3) is 0 Å². The molecule has 6 nitrogen and oxygen atoms in total. The Hall–Kier alpha value is -2.11. The molecule has 0 spiro atoms. The number of aromatic nitrogens is 4. The van der Waals surface area contributed by atoms with Crippen LogP contribution in [0.5, 0.6) is 0 Å². The van der Waals surface area contributed by atoms with E-state index in [1.54, 1.807) is 17.1 Å². The van der Waals surface area contributed by atoms with E-state index in [-0.39, 0.29) is 0 Å². The van der Waals surface area contributed by atoms with E-state index in [4.69, 9.17) is 0 Å². The summed E-state index contributed by atoms with van der Waals surface area (Å²) in [5.74, 6) is 2.26. The number of aryl methyl sites for hydroxylation is 1. The van der Waals surface area contributed by atoms with E-state index >= 15 is 0 Å². The lowest BCUT2D eigenvalue weighted by Gasteiger charge is -2.11. The van der Waals surface area contributed by atoms with Crippen LogP contribution in [0.1, 0.15) is 25.7 Å². The van der Waals surface area contributed by atoms with Gasteiger partial charge in [-0.05, 0) is 24.8 Å². The van der Waals surface area contributed by atoms with E-state index in [9.17, 15) is 0 Å². The van der Waals surface area contributed by atoms with Gasteiger partial charge in [0.15, 0.2) is 0 Å². The minimum Gasteiger partial charge on any atom is -0.370 e. The lowest BCUT2D eigenvalue weighted by atomic mass is 10.1. The molecule has 2 heterocycles. The third-order valence-electron chi connectivity index (χ3n) is 3.66. The summed E-state index contributed by atoms with van der Waals surface area (Å²) < 4.78 is 1.74. The molecule has 0 bridgehead atoms. The predicted molar refractivity (Wildman–Crippen MR) is 79.0 cm³/mol. The summed E-state index contributed by atoms with van der Waals surface area (Å²) in [5.41, 5.74) is 0.889. The zero-order chi connectivity index (χ0) is 13.8. The molecule has 6 heteroatoms. The number of rotatable bonds is 5. The van der Waals surface area contributed by atoms with Crippen LogP contribution in [0.2, 0.25) is 0 Å². The van der Waals surface area contributed by atoms with E-state index in [0.29, 0.717) is 5.95 Å². The van der Waals surface area contributed by atoms with Crippen LogP contribution in [0, 0.1) is 5.92 Å². The second-order valence-corrected chi connectivity index (χ2v) is 5.32. The lowest BCUT2D eigenvalue weighted by molar-refractivity contribution is 0.579. The van der Waals surface area contributed by atoms with Gasteiger partial charge in [-0.1, -0.05) is 12.8 Å². The first-order valence-electron chi connectivity index (χ1n) is 7.12. The van der Waals surface area contributed by atoms with Crippen LogP contribution in [-0.2, 0) is 7.05 Å². The van der Waals surface area contributed by atoms with E-state index < -0.39 is 0 Å². The van der Waals surface area contributed by atoms with Crippen LogP contribution in [0.25, 0.3) is 0 Å². The van der Waals surface area contributed by atoms with Crippen molar-refractivity contribution in [3.05, 3.63) is 24.7 Å². The standard InChI is InChI=1S/C14H20N6/c1-20-10-12(9-17-20)18-14-15-7-6-13(19-14)16-8-11-4-2-3-5-11/h6-7,9-11H,2-5,8H2,1H3,(H2,15,16,18,19). The smallest absolute Gasteiger partial charge is 0.229 e. The van der Waals surface area contributed by atoms with Crippen LogP contribution < -0.4 is 10.6 Å². The summed E-state index contributed by atoms with van der Waals surface area (Å²) in [4.78, 5) is 8.69. The molecule has 0 atom stereocenters. The van der Waals surface area contributed by atoms with Gasteiger partial charge in [0, 0.05) is 26.0 Å². The van der Waals surface area contributed by atoms with Gasteiger partial charge >= 0.3 is 0 Å².